The lowest BCUT2D eigenvalue weighted by Gasteiger charge is -2.35. The molecule has 5 nitrogen and oxygen atoms in total. The molecule has 2 aromatic rings. The molecule has 1 aliphatic rings. The van der Waals surface area contributed by atoms with Crippen molar-refractivity contribution in [2.75, 3.05) is 39.9 Å². The summed E-state index contributed by atoms with van der Waals surface area (Å²) in [7, 11) is 1.69. The summed E-state index contributed by atoms with van der Waals surface area (Å²) in [6.07, 6.45) is 0. The maximum atomic E-state index is 13.4. The van der Waals surface area contributed by atoms with Gasteiger partial charge < -0.3 is 15.4 Å². The summed E-state index contributed by atoms with van der Waals surface area (Å²) in [6, 6.07) is 11.3. The van der Waals surface area contributed by atoms with E-state index < -0.39 is 5.82 Å². The number of ether oxygens (including phenoxy) is 1. The summed E-state index contributed by atoms with van der Waals surface area (Å²) in [5, 5.41) is 6.63. The van der Waals surface area contributed by atoms with Crippen LogP contribution < -0.4 is 10.6 Å². The van der Waals surface area contributed by atoms with Gasteiger partial charge >= 0.3 is 0 Å². The fourth-order valence-electron chi connectivity index (χ4n) is 3.28. The minimum atomic E-state index is -0.439. The highest BCUT2D eigenvalue weighted by Gasteiger charge is 2.23. The molecule has 2 N–H and O–H groups in total. The van der Waals surface area contributed by atoms with E-state index in [1.54, 1.807) is 19.2 Å². The van der Waals surface area contributed by atoms with Gasteiger partial charge in [-0.3, -0.25) is 9.89 Å². The molecule has 1 atom stereocenters. The van der Waals surface area contributed by atoms with Gasteiger partial charge in [0.2, 0.25) is 0 Å². The Morgan fingerprint density at radius 1 is 1.14 bits per heavy atom. The minimum Gasteiger partial charge on any atom is -0.379 e. The molecular weight excluding hydrogens is 398 g/mol. The van der Waals surface area contributed by atoms with Crippen LogP contribution in [0.3, 0.4) is 0 Å². The largest absolute Gasteiger partial charge is 0.379 e. The first-order chi connectivity index (χ1) is 14.1. The standard InChI is InChI=1S/C21H25ClF2N4O/c1-25-21(26-13-15-2-7-19(24)18(22)12-15)27-14-20(28-8-10-29-11-9-28)16-3-5-17(23)6-4-16/h2-7,12,20H,8-11,13-14H2,1H3,(H2,25,26,27). The van der Waals surface area contributed by atoms with Crippen LogP contribution in [0.2, 0.25) is 5.02 Å². The van der Waals surface area contributed by atoms with Crippen LogP contribution in [0.4, 0.5) is 8.78 Å². The molecule has 1 aliphatic heterocycles. The zero-order valence-corrected chi connectivity index (χ0v) is 17.1. The molecule has 1 saturated heterocycles. The first kappa shape index (κ1) is 21.5. The van der Waals surface area contributed by atoms with E-state index in [1.165, 1.54) is 18.2 Å². The maximum Gasteiger partial charge on any atom is 0.191 e. The summed E-state index contributed by atoms with van der Waals surface area (Å²) in [5.74, 6) is -0.0748. The Balaban J connectivity index is 1.63. The number of hydrogen-bond donors (Lipinski definition) is 2. The molecule has 0 saturated carbocycles. The van der Waals surface area contributed by atoms with Gasteiger partial charge in [0, 0.05) is 33.2 Å². The van der Waals surface area contributed by atoms with Crippen molar-refractivity contribution in [1.82, 2.24) is 15.5 Å². The van der Waals surface area contributed by atoms with Gasteiger partial charge in [-0.15, -0.1) is 0 Å². The number of benzene rings is 2. The van der Waals surface area contributed by atoms with Crippen molar-refractivity contribution in [3.8, 4) is 0 Å². The molecule has 3 rings (SSSR count). The number of halogens is 3. The van der Waals surface area contributed by atoms with Gasteiger partial charge in [0.15, 0.2) is 5.96 Å². The Hall–Kier alpha value is -2.22. The quantitative estimate of drug-likeness (QED) is 0.553. The van der Waals surface area contributed by atoms with Crippen LogP contribution >= 0.6 is 11.6 Å². The highest BCUT2D eigenvalue weighted by atomic mass is 35.5. The molecule has 29 heavy (non-hydrogen) atoms. The Kier molecular flexibility index (Phi) is 7.80. The lowest BCUT2D eigenvalue weighted by molar-refractivity contribution is 0.0170. The summed E-state index contributed by atoms with van der Waals surface area (Å²) in [4.78, 5) is 6.57. The molecule has 2 aromatic carbocycles. The number of aliphatic imine (C=N–C) groups is 1. The smallest absolute Gasteiger partial charge is 0.191 e. The van der Waals surface area contributed by atoms with Crippen LogP contribution in [0.15, 0.2) is 47.5 Å². The van der Waals surface area contributed by atoms with Crippen LogP contribution in [-0.4, -0.2) is 50.8 Å². The zero-order chi connectivity index (χ0) is 20.6. The van der Waals surface area contributed by atoms with Crippen LogP contribution in [0.1, 0.15) is 17.2 Å². The summed E-state index contributed by atoms with van der Waals surface area (Å²) < 4.78 is 32.1. The van der Waals surface area contributed by atoms with E-state index in [9.17, 15) is 8.78 Å². The molecule has 0 spiro atoms. The highest BCUT2D eigenvalue weighted by molar-refractivity contribution is 6.30. The number of nitrogens with one attached hydrogen (secondary N) is 2. The number of rotatable bonds is 6. The van der Waals surface area contributed by atoms with E-state index in [2.05, 4.69) is 20.5 Å². The van der Waals surface area contributed by atoms with E-state index in [-0.39, 0.29) is 16.9 Å². The SMILES string of the molecule is CN=C(NCc1ccc(F)c(Cl)c1)NCC(c1ccc(F)cc1)N1CCOCC1. The van der Waals surface area contributed by atoms with Gasteiger partial charge in [-0.2, -0.15) is 0 Å². The van der Waals surface area contributed by atoms with Crippen molar-refractivity contribution in [1.29, 1.82) is 0 Å². The number of nitrogens with zero attached hydrogens (tertiary/aromatic N) is 2. The number of morpholine rings is 1. The third kappa shape index (κ3) is 6.13. The summed E-state index contributed by atoms with van der Waals surface area (Å²) in [5.41, 5.74) is 1.88. The zero-order valence-electron chi connectivity index (χ0n) is 16.3. The van der Waals surface area contributed by atoms with Crippen LogP contribution in [0.5, 0.6) is 0 Å². The van der Waals surface area contributed by atoms with E-state index >= 15 is 0 Å². The summed E-state index contributed by atoms with van der Waals surface area (Å²) >= 11 is 5.84. The van der Waals surface area contributed by atoms with Crippen molar-refractivity contribution in [3.63, 3.8) is 0 Å². The lowest BCUT2D eigenvalue weighted by atomic mass is 10.0. The predicted octanol–water partition coefficient (Wildman–Crippen LogP) is 3.36. The van der Waals surface area contributed by atoms with Crippen molar-refractivity contribution in [3.05, 3.63) is 70.2 Å². The molecular formula is C21H25ClF2N4O. The molecule has 1 unspecified atom stereocenters. The van der Waals surface area contributed by atoms with Gasteiger partial charge in [-0.05, 0) is 35.4 Å². The average molecular weight is 423 g/mol. The normalized spacial score (nSPS) is 16.5. The molecule has 1 heterocycles. The molecule has 0 aliphatic carbocycles. The van der Waals surface area contributed by atoms with Crippen LogP contribution in [-0.2, 0) is 11.3 Å². The first-order valence-corrected chi connectivity index (χ1v) is 9.90. The molecule has 156 valence electrons. The molecule has 8 heteroatoms. The highest BCUT2D eigenvalue weighted by Crippen LogP contribution is 2.22. The molecule has 0 amide bonds. The summed E-state index contributed by atoms with van der Waals surface area (Å²) in [6.45, 7) is 4.02. The van der Waals surface area contributed by atoms with Crippen molar-refractivity contribution >= 4 is 17.6 Å². The van der Waals surface area contributed by atoms with Gasteiger partial charge in [0.05, 0.1) is 24.3 Å². The van der Waals surface area contributed by atoms with E-state index in [4.69, 9.17) is 16.3 Å². The van der Waals surface area contributed by atoms with Crippen LogP contribution in [0, 0.1) is 11.6 Å². The third-order valence-corrected chi connectivity index (χ3v) is 5.16. The number of hydrogen-bond acceptors (Lipinski definition) is 3. The topological polar surface area (TPSA) is 48.9 Å². The Morgan fingerprint density at radius 3 is 2.52 bits per heavy atom. The van der Waals surface area contributed by atoms with Crippen molar-refractivity contribution < 1.29 is 13.5 Å². The van der Waals surface area contributed by atoms with E-state index in [0.29, 0.717) is 32.3 Å². The molecule has 0 aromatic heterocycles. The fourth-order valence-corrected chi connectivity index (χ4v) is 3.48. The number of guanidine groups is 1. The van der Waals surface area contributed by atoms with Crippen molar-refractivity contribution in [2.24, 2.45) is 4.99 Å². The van der Waals surface area contributed by atoms with Gasteiger partial charge in [-0.25, -0.2) is 8.78 Å². The van der Waals surface area contributed by atoms with Gasteiger partial charge in [0.1, 0.15) is 11.6 Å². The Morgan fingerprint density at radius 2 is 1.86 bits per heavy atom. The van der Waals surface area contributed by atoms with Crippen LogP contribution in [0.25, 0.3) is 0 Å². The van der Waals surface area contributed by atoms with Crippen molar-refractivity contribution in [2.45, 2.75) is 12.6 Å². The van der Waals surface area contributed by atoms with Gasteiger partial charge in [0.25, 0.3) is 0 Å². The molecule has 0 bridgehead atoms. The predicted molar refractivity (Wildman–Crippen MR) is 111 cm³/mol. The third-order valence-electron chi connectivity index (χ3n) is 4.87. The Labute approximate surface area is 174 Å². The van der Waals surface area contributed by atoms with E-state index in [1.807, 2.05) is 12.1 Å². The fraction of sp³-hybridized carbons (Fsp3) is 0.381. The average Bonchev–Trinajstić information content (AvgIpc) is 2.75. The second-order valence-electron chi connectivity index (χ2n) is 6.77. The monoisotopic (exact) mass is 422 g/mol. The van der Waals surface area contributed by atoms with Gasteiger partial charge in [-0.1, -0.05) is 29.8 Å². The maximum absolute atomic E-state index is 13.4. The molecule has 1 fully saturated rings. The first-order valence-electron chi connectivity index (χ1n) is 9.52. The Bertz CT molecular complexity index is 826. The lowest BCUT2D eigenvalue weighted by Crippen LogP contribution is -2.46. The minimum absolute atomic E-state index is 0.0540. The molecule has 0 radical (unpaired) electrons. The van der Waals surface area contributed by atoms with E-state index in [0.717, 1.165) is 24.2 Å². The second kappa shape index (κ2) is 10.5. The second-order valence-corrected chi connectivity index (χ2v) is 7.18.